The third kappa shape index (κ3) is 5.19. The van der Waals surface area contributed by atoms with Crippen molar-refractivity contribution >= 4 is 11.8 Å². The molecule has 0 aromatic carbocycles. The number of piperazine rings is 1. The van der Waals surface area contributed by atoms with Gasteiger partial charge in [0.2, 0.25) is 11.8 Å². The number of nitrogens with zero attached hydrogens (tertiary/aromatic N) is 2. The van der Waals surface area contributed by atoms with Crippen LogP contribution in [-0.4, -0.2) is 54.3 Å². The Morgan fingerprint density at radius 1 is 1.11 bits per heavy atom. The zero-order valence-corrected chi connectivity index (χ0v) is 12.4. The molecule has 5 nitrogen and oxygen atoms in total. The molecule has 0 spiro atoms. The molecule has 1 heterocycles. The van der Waals surface area contributed by atoms with Gasteiger partial charge in [-0.05, 0) is 24.8 Å². The number of nitrogens with two attached hydrogens (primary N) is 1. The van der Waals surface area contributed by atoms with Crippen LogP contribution in [0.4, 0.5) is 0 Å². The summed E-state index contributed by atoms with van der Waals surface area (Å²) in [7, 11) is 0. The zero-order chi connectivity index (χ0) is 14.4. The van der Waals surface area contributed by atoms with Gasteiger partial charge >= 0.3 is 0 Å². The monoisotopic (exact) mass is 269 g/mol. The average Bonchev–Trinajstić information content (AvgIpc) is 2.37. The largest absolute Gasteiger partial charge is 0.339 e. The van der Waals surface area contributed by atoms with Crippen LogP contribution >= 0.6 is 0 Å². The maximum atomic E-state index is 12.2. The fourth-order valence-corrected chi connectivity index (χ4v) is 2.58. The minimum absolute atomic E-state index is 0.0896. The number of amides is 2. The van der Waals surface area contributed by atoms with Crippen LogP contribution in [0.25, 0.3) is 0 Å². The summed E-state index contributed by atoms with van der Waals surface area (Å²) >= 11 is 0. The van der Waals surface area contributed by atoms with Crippen molar-refractivity contribution < 1.29 is 9.59 Å². The zero-order valence-electron chi connectivity index (χ0n) is 12.4. The van der Waals surface area contributed by atoms with Crippen molar-refractivity contribution in [1.29, 1.82) is 0 Å². The van der Waals surface area contributed by atoms with Gasteiger partial charge in [-0.3, -0.25) is 9.59 Å². The summed E-state index contributed by atoms with van der Waals surface area (Å²) in [6.45, 7) is 9.05. The third-order valence-corrected chi connectivity index (χ3v) is 3.68. The quantitative estimate of drug-likeness (QED) is 0.798. The van der Waals surface area contributed by atoms with Crippen LogP contribution in [-0.2, 0) is 9.59 Å². The molecule has 2 N–H and O–H groups in total. The molecule has 19 heavy (non-hydrogen) atoms. The fourth-order valence-electron chi connectivity index (χ4n) is 2.58. The predicted octanol–water partition coefficient (Wildman–Crippen LogP) is 0.688. The van der Waals surface area contributed by atoms with Crippen LogP contribution in [0.5, 0.6) is 0 Å². The number of hydrogen-bond donors (Lipinski definition) is 1. The Morgan fingerprint density at radius 2 is 1.63 bits per heavy atom. The van der Waals surface area contributed by atoms with Crippen LogP contribution in [0.1, 0.15) is 33.6 Å². The van der Waals surface area contributed by atoms with E-state index in [9.17, 15) is 9.59 Å². The molecular weight excluding hydrogens is 242 g/mol. The molecule has 0 bridgehead atoms. The summed E-state index contributed by atoms with van der Waals surface area (Å²) < 4.78 is 0. The second kappa shape index (κ2) is 7.48. The summed E-state index contributed by atoms with van der Waals surface area (Å²) in [5.74, 6) is 1.11. The minimum atomic E-state index is 0.0896. The van der Waals surface area contributed by atoms with Gasteiger partial charge in [-0.1, -0.05) is 13.8 Å². The SMILES string of the molecule is CC(=O)N1CCN(C(=O)CC(CN)CC(C)C)CC1. The van der Waals surface area contributed by atoms with Gasteiger partial charge in [-0.15, -0.1) is 0 Å². The minimum Gasteiger partial charge on any atom is -0.339 e. The molecule has 1 rings (SSSR count). The highest BCUT2D eigenvalue weighted by atomic mass is 16.2. The van der Waals surface area contributed by atoms with Crippen molar-refractivity contribution in [2.75, 3.05) is 32.7 Å². The van der Waals surface area contributed by atoms with E-state index in [0.717, 1.165) is 6.42 Å². The Bertz CT molecular complexity index is 310. The number of carbonyl (C=O) groups excluding carboxylic acids is 2. The maximum absolute atomic E-state index is 12.2. The van der Waals surface area contributed by atoms with Gasteiger partial charge in [0, 0.05) is 39.5 Å². The van der Waals surface area contributed by atoms with Gasteiger partial charge < -0.3 is 15.5 Å². The lowest BCUT2D eigenvalue weighted by Gasteiger charge is -2.35. The van der Waals surface area contributed by atoms with Gasteiger partial charge in [-0.2, -0.15) is 0 Å². The lowest BCUT2D eigenvalue weighted by Crippen LogP contribution is -2.50. The fraction of sp³-hybridized carbons (Fsp3) is 0.857. The highest BCUT2D eigenvalue weighted by Crippen LogP contribution is 2.16. The summed E-state index contributed by atoms with van der Waals surface area (Å²) in [5, 5.41) is 0. The highest BCUT2D eigenvalue weighted by molar-refractivity contribution is 5.77. The van der Waals surface area contributed by atoms with Crippen molar-refractivity contribution in [2.45, 2.75) is 33.6 Å². The summed E-state index contributed by atoms with van der Waals surface area (Å²) in [6.07, 6.45) is 1.53. The first-order valence-corrected chi connectivity index (χ1v) is 7.17. The molecule has 1 atom stereocenters. The predicted molar refractivity (Wildman–Crippen MR) is 75.5 cm³/mol. The summed E-state index contributed by atoms with van der Waals surface area (Å²) in [6, 6.07) is 0. The normalized spacial score (nSPS) is 17.7. The Balaban J connectivity index is 2.40. The molecule has 5 heteroatoms. The van der Waals surface area contributed by atoms with Crippen LogP contribution in [0.15, 0.2) is 0 Å². The van der Waals surface area contributed by atoms with E-state index >= 15 is 0 Å². The molecule has 0 radical (unpaired) electrons. The van der Waals surface area contributed by atoms with Crippen LogP contribution < -0.4 is 5.73 Å². The maximum Gasteiger partial charge on any atom is 0.223 e. The molecular formula is C14H27N3O2. The van der Waals surface area contributed by atoms with E-state index in [2.05, 4.69) is 13.8 Å². The van der Waals surface area contributed by atoms with E-state index in [-0.39, 0.29) is 17.7 Å². The molecule has 0 aromatic rings. The molecule has 1 saturated heterocycles. The Hall–Kier alpha value is -1.10. The molecule has 1 aliphatic heterocycles. The van der Waals surface area contributed by atoms with Crippen molar-refractivity contribution in [3.8, 4) is 0 Å². The van der Waals surface area contributed by atoms with Crippen molar-refractivity contribution in [2.24, 2.45) is 17.6 Å². The number of rotatable bonds is 5. The summed E-state index contributed by atoms with van der Waals surface area (Å²) in [4.78, 5) is 27.1. The van der Waals surface area contributed by atoms with Crippen molar-refractivity contribution in [1.82, 2.24) is 9.80 Å². The van der Waals surface area contributed by atoms with Gasteiger partial charge in [0.1, 0.15) is 0 Å². The molecule has 0 aliphatic carbocycles. The van der Waals surface area contributed by atoms with Gasteiger partial charge in [0.05, 0.1) is 0 Å². The first-order valence-electron chi connectivity index (χ1n) is 7.17. The van der Waals surface area contributed by atoms with E-state index in [1.165, 1.54) is 0 Å². The van der Waals surface area contributed by atoms with Gasteiger partial charge in [0.25, 0.3) is 0 Å². The smallest absolute Gasteiger partial charge is 0.223 e. The van der Waals surface area contributed by atoms with E-state index in [0.29, 0.717) is 45.1 Å². The Morgan fingerprint density at radius 3 is 2.05 bits per heavy atom. The van der Waals surface area contributed by atoms with E-state index in [1.54, 1.807) is 11.8 Å². The molecule has 2 amide bonds. The Labute approximate surface area is 116 Å². The van der Waals surface area contributed by atoms with Gasteiger partial charge in [-0.25, -0.2) is 0 Å². The molecule has 1 aliphatic rings. The summed E-state index contributed by atoms with van der Waals surface area (Å²) in [5.41, 5.74) is 5.74. The Kier molecular flexibility index (Phi) is 6.28. The topological polar surface area (TPSA) is 66.6 Å². The average molecular weight is 269 g/mol. The first kappa shape index (κ1) is 16.0. The highest BCUT2D eigenvalue weighted by Gasteiger charge is 2.24. The lowest BCUT2D eigenvalue weighted by atomic mass is 9.93. The molecule has 0 saturated carbocycles. The van der Waals surface area contributed by atoms with E-state index in [4.69, 9.17) is 5.73 Å². The third-order valence-electron chi connectivity index (χ3n) is 3.68. The van der Waals surface area contributed by atoms with Crippen LogP contribution in [0.3, 0.4) is 0 Å². The van der Waals surface area contributed by atoms with E-state index in [1.807, 2.05) is 4.90 Å². The molecule has 0 aromatic heterocycles. The molecule has 1 unspecified atom stereocenters. The lowest BCUT2D eigenvalue weighted by molar-refractivity contribution is -0.139. The standard InChI is InChI=1S/C14H27N3O2/c1-11(2)8-13(10-15)9-14(19)17-6-4-16(5-7-17)12(3)18/h11,13H,4-10,15H2,1-3H3. The first-order chi connectivity index (χ1) is 8.93. The second-order valence-electron chi connectivity index (χ2n) is 5.82. The molecule has 1 fully saturated rings. The second-order valence-corrected chi connectivity index (χ2v) is 5.82. The van der Waals surface area contributed by atoms with Crippen LogP contribution in [0, 0.1) is 11.8 Å². The van der Waals surface area contributed by atoms with E-state index < -0.39 is 0 Å². The van der Waals surface area contributed by atoms with Crippen molar-refractivity contribution in [3.63, 3.8) is 0 Å². The number of carbonyl (C=O) groups is 2. The molecule has 110 valence electrons. The van der Waals surface area contributed by atoms with Crippen molar-refractivity contribution in [3.05, 3.63) is 0 Å². The van der Waals surface area contributed by atoms with Gasteiger partial charge in [0.15, 0.2) is 0 Å². The number of hydrogen-bond acceptors (Lipinski definition) is 3. The van der Waals surface area contributed by atoms with Crippen LogP contribution in [0.2, 0.25) is 0 Å².